The third-order valence-electron chi connectivity index (χ3n) is 4.66. The van der Waals surface area contributed by atoms with Crippen LogP contribution in [0.25, 0.3) is 5.69 Å². The molecule has 2 aromatic carbocycles. The van der Waals surface area contributed by atoms with Crippen LogP contribution < -0.4 is 10.1 Å². The second-order valence-electron chi connectivity index (χ2n) is 6.45. The summed E-state index contributed by atoms with van der Waals surface area (Å²) in [5.41, 5.74) is 3.49. The van der Waals surface area contributed by atoms with Gasteiger partial charge in [0.15, 0.2) is 0 Å². The van der Waals surface area contributed by atoms with Gasteiger partial charge in [0, 0.05) is 11.8 Å². The van der Waals surface area contributed by atoms with Gasteiger partial charge in [0.05, 0.1) is 22.8 Å². The molecule has 0 aliphatic carbocycles. The first-order valence-electron chi connectivity index (χ1n) is 9.28. The smallest absolute Gasteiger partial charge is 0.295 e. The summed E-state index contributed by atoms with van der Waals surface area (Å²) in [4.78, 5) is 17.2. The number of aryl methyl sites for hydroxylation is 3. The second kappa shape index (κ2) is 8.84. The van der Waals surface area contributed by atoms with Crippen molar-refractivity contribution in [1.29, 1.82) is 0 Å². The molecule has 0 fully saturated rings. The van der Waals surface area contributed by atoms with Crippen molar-refractivity contribution in [3.05, 3.63) is 63.2 Å². The Bertz CT molecular complexity index is 1040. The lowest BCUT2D eigenvalue weighted by Crippen LogP contribution is -2.17. The minimum absolute atomic E-state index is 0.0560. The molecule has 3 rings (SSSR count). The molecule has 6 nitrogen and oxygen atoms in total. The van der Waals surface area contributed by atoms with E-state index in [2.05, 4.69) is 29.2 Å². The quantitative estimate of drug-likeness (QED) is 0.575. The Morgan fingerprint density at radius 1 is 1.14 bits per heavy atom. The predicted molar refractivity (Wildman–Crippen MR) is 116 cm³/mol. The standard InChI is InChI=1S/C21H22Cl2N4O2/c1-5-13-8-7-9-14(6-2)19(13)25-21(28)20-24-12(3)27(26-20)17-11-18(29-4)16(23)10-15(17)22/h7-11H,5-6H2,1-4H3,(H,25,28). The first-order chi connectivity index (χ1) is 13.9. The van der Waals surface area contributed by atoms with Gasteiger partial charge in [-0.15, -0.1) is 5.10 Å². The minimum Gasteiger partial charge on any atom is -0.495 e. The zero-order chi connectivity index (χ0) is 21.1. The van der Waals surface area contributed by atoms with Gasteiger partial charge in [0.1, 0.15) is 11.6 Å². The van der Waals surface area contributed by atoms with E-state index in [4.69, 9.17) is 27.9 Å². The van der Waals surface area contributed by atoms with Crippen molar-refractivity contribution in [2.24, 2.45) is 0 Å². The van der Waals surface area contributed by atoms with Crippen LogP contribution >= 0.6 is 23.2 Å². The lowest BCUT2D eigenvalue weighted by Gasteiger charge is -2.13. The van der Waals surface area contributed by atoms with Crippen molar-refractivity contribution in [1.82, 2.24) is 14.8 Å². The molecule has 0 saturated carbocycles. The van der Waals surface area contributed by atoms with Crippen molar-refractivity contribution >= 4 is 34.8 Å². The minimum atomic E-state index is -0.375. The van der Waals surface area contributed by atoms with Gasteiger partial charge in [-0.25, -0.2) is 9.67 Å². The molecule has 0 spiro atoms. The van der Waals surface area contributed by atoms with Gasteiger partial charge in [-0.05, 0) is 37.0 Å². The lowest BCUT2D eigenvalue weighted by atomic mass is 10.0. The van der Waals surface area contributed by atoms with Gasteiger partial charge in [0.25, 0.3) is 5.91 Å². The maximum absolute atomic E-state index is 12.9. The molecule has 0 radical (unpaired) electrons. The van der Waals surface area contributed by atoms with Crippen molar-refractivity contribution in [2.75, 3.05) is 12.4 Å². The van der Waals surface area contributed by atoms with Crippen LogP contribution in [0.15, 0.2) is 30.3 Å². The number of nitrogens with one attached hydrogen (secondary N) is 1. The van der Waals surface area contributed by atoms with E-state index in [0.717, 1.165) is 29.7 Å². The van der Waals surface area contributed by atoms with Crippen LogP contribution in [-0.2, 0) is 12.8 Å². The fourth-order valence-electron chi connectivity index (χ4n) is 3.12. The number of halogens is 2. The molecule has 1 N–H and O–H groups in total. The molecule has 29 heavy (non-hydrogen) atoms. The number of carbonyl (C=O) groups is 1. The van der Waals surface area contributed by atoms with Gasteiger partial charge in [-0.3, -0.25) is 4.79 Å². The SMILES string of the molecule is CCc1cccc(CC)c1NC(=O)c1nc(C)n(-c2cc(OC)c(Cl)cc2Cl)n1. The van der Waals surface area contributed by atoms with Gasteiger partial charge < -0.3 is 10.1 Å². The van der Waals surface area contributed by atoms with E-state index in [9.17, 15) is 4.79 Å². The summed E-state index contributed by atoms with van der Waals surface area (Å²) in [5, 5.41) is 8.11. The van der Waals surface area contributed by atoms with E-state index in [1.165, 1.54) is 11.8 Å². The summed E-state index contributed by atoms with van der Waals surface area (Å²) >= 11 is 12.4. The number of hydrogen-bond acceptors (Lipinski definition) is 4. The van der Waals surface area contributed by atoms with Crippen LogP contribution in [0.3, 0.4) is 0 Å². The van der Waals surface area contributed by atoms with Gasteiger partial charge >= 0.3 is 0 Å². The summed E-state index contributed by atoms with van der Waals surface area (Å²) in [6, 6.07) is 9.25. The number of methoxy groups -OCH3 is 1. The number of para-hydroxylation sites is 1. The van der Waals surface area contributed by atoms with Crippen molar-refractivity contribution in [3.63, 3.8) is 0 Å². The number of nitrogens with zero attached hydrogens (tertiary/aromatic N) is 3. The number of carbonyl (C=O) groups excluding carboxylic acids is 1. The van der Waals surface area contributed by atoms with Crippen LogP contribution in [0.2, 0.25) is 10.0 Å². The molecule has 0 aliphatic heterocycles. The van der Waals surface area contributed by atoms with E-state index in [1.807, 2.05) is 18.2 Å². The summed E-state index contributed by atoms with van der Waals surface area (Å²) in [5.74, 6) is 0.650. The number of aromatic nitrogens is 3. The van der Waals surface area contributed by atoms with Gasteiger partial charge in [-0.2, -0.15) is 0 Å². The number of amides is 1. The number of rotatable bonds is 6. The maximum atomic E-state index is 12.9. The Labute approximate surface area is 179 Å². The highest BCUT2D eigenvalue weighted by Crippen LogP contribution is 2.33. The summed E-state index contributed by atoms with van der Waals surface area (Å²) in [7, 11) is 1.52. The summed E-state index contributed by atoms with van der Waals surface area (Å²) < 4.78 is 6.76. The molecule has 0 unspecified atom stereocenters. The Hall–Kier alpha value is -2.57. The van der Waals surface area contributed by atoms with Crippen LogP contribution in [0.4, 0.5) is 5.69 Å². The first kappa shape index (κ1) is 21.1. The van der Waals surface area contributed by atoms with Crippen molar-refractivity contribution in [3.8, 4) is 11.4 Å². The van der Waals surface area contributed by atoms with Crippen LogP contribution in [0.1, 0.15) is 41.4 Å². The predicted octanol–water partition coefficient (Wildman–Crippen LogP) is 5.27. The zero-order valence-electron chi connectivity index (χ0n) is 16.7. The van der Waals surface area contributed by atoms with E-state index in [0.29, 0.717) is 27.3 Å². The lowest BCUT2D eigenvalue weighted by molar-refractivity contribution is 0.101. The Balaban J connectivity index is 1.97. The van der Waals surface area contributed by atoms with Crippen LogP contribution in [-0.4, -0.2) is 27.8 Å². The summed E-state index contributed by atoms with van der Waals surface area (Å²) in [6.07, 6.45) is 1.62. The molecule has 0 bridgehead atoms. The van der Waals surface area contributed by atoms with Crippen LogP contribution in [0, 0.1) is 6.92 Å². The Morgan fingerprint density at radius 2 is 1.79 bits per heavy atom. The number of ether oxygens (including phenoxy) is 1. The highest BCUT2D eigenvalue weighted by molar-refractivity contribution is 6.36. The molecular formula is C21H22Cl2N4O2. The van der Waals surface area contributed by atoms with E-state index >= 15 is 0 Å². The normalized spacial score (nSPS) is 10.8. The number of benzene rings is 2. The average molecular weight is 433 g/mol. The number of anilines is 1. The van der Waals surface area contributed by atoms with Gasteiger partial charge in [0.2, 0.25) is 5.82 Å². The first-order valence-corrected chi connectivity index (χ1v) is 10.0. The molecule has 1 heterocycles. The molecule has 1 amide bonds. The average Bonchev–Trinajstić information content (AvgIpc) is 3.09. The van der Waals surface area contributed by atoms with Crippen molar-refractivity contribution in [2.45, 2.75) is 33.6 Å². The zero-order valence-corrected chi connectivity index (χ0v) is 18.2. The monoisotopic (exact) mass is 432 g/mol. The van der Waals surface area contributed by atoms with Crippen LogP contribution in [0.5, 0.6) is 5.75 Å². The highest BCUT2D eigenvalue weighted by atomic mass is 35.5. The maximum Gasteiger partial charge on any atom is 0.295 e. The molecule has 1 aromatic heterocycles. The molecule has 0 saturated heterocycles. The topological polar surface area (TPSA) is 69.0 Å². The third kappa shape index (κ3) is 4.23. The van der Waals surface area contributed by atoms with Gasteiger partial charge in [-0.1, -0.05) is 55.2 Å². The fourth-order valence-corrected chi connectivity index (χ4v) is 3.66. The Morgan fingerprint density at radius 3 is 2.38 bits per heavy atom. The van der Waals surface area contributed by atoms with E-state index < -0.39 is 0 Å². The van der Waals surface area contributed by atoms with E-state index in [1.54, 1.807) is 19.1 Å². The van der Waals surface area contributed by atoms with E-state index in [-0.39, 0.29) is 11.7 Å². The Kier molecular flexibility index (Phi) is 6.45. The third-order valence-corrected chi connectivity index (χ3v) is 5.26. The fraction of sp³-hybridized carbons (Fsp3) is 0.286. The number of hydrogen-bond donors (Lipinski definition) is 1. The second-order valence-corrected chi connectivity index (χ2v) is 7.26. The molecular weight excluding hydrogens is 411 g/mol. The largest absolute Gasteiger partial charge is 0.495 e. The molecule has 3 aromatic rings. The summed E-state index contributed by atoms with van der Waals surface area (Å²) in [6.45, 7) is 5.85. The van der Waals surface area contributed by atoms with Crippen molar-refractivity contribution < 1.29 is 9.53 Å². The molecule has 0 aliphatic rings. The highest BCUT2D eigenvalue weighted by Gasteiger charge is 2.20. The molecule has 8 heteroatoms. The molecule has 0 atom stereocenters. The molecule has 152 valence electrons.